The van der Waals surface area contributed by atoms with E-state index in [-0.39, 0.29) is 24.0 Å². The lowest BCUT2D eigenvalue weighted by atomic mass is 10.1. The summed E-state index contributed by atoms with van der Waals surface area (Å²) in [6, 6.07) is 10.2. The number of rotatable bonds is 11. The van der Waals surface area contributed by atoms with E-state index in [1.54, 1.807) is 7.05 Å². The fraction of sp³-hybridized carbons (Fsp3) is 0.611. The van der Waals surface area contributed by atoms with Gasteiger partial charge in [0, 0.05) is 26.7 Å². The van der Waals surface area contributed by atoms with Crippen molar-refractivity contribution >= 4 is 29.9 Å². The third kappa shape index (κ3) is 12.5. The number of aliphatic imine (C=N–C) groups is 1. The Morgan fingerprint density at radius 3 is 2.21 bits per heavy atom. The summed E-state index contributed by atoms with van der Waals surface area (Å²) in [7, 11) is 1.76. The summed E-state index contributed by atoms with van der Waals surface area (Å²) in [4.78, 5) is 4.17. The molecule has 0 heterocycles. The first-order valence-corrected chi connectivity index (χ1v) is 8.36. The van der Waals surface area contributed by atoms with Gasteiger partial charge in [0.1, 0.15) is 0 Å². The fourth-order valence-electron chi connectivity index (χ4n) is 1.89. The van der Waals surface area contributed by atoms with Crippen molar-refractivity contribution in [1.29, 1.82) is 0 Å². The van der Waals surface area contributed by atoms with Crippen molar-refractivity contribution in [3.8, 4) is 0 Å². The largest absolute Gasteiger partial charge is 0.380 e. The summed E-state index contributed by atoms with van der Waals surface area (Å²) in [6.07, 6.45) is 1.10. The van der Waals surface area contributed by atoms with E-state index in [1.165, 1.54) is 5.56 Å². The second kappa shape index (κ2) is 15.7. The van der Waals surface area contributed by atoms with Crippen molar-refractivity contribution in [2.45, 2.75) is 26.9 Å². The zero-order valence-electron chi connectivity index (χ0n) is 15.1. The molecule has 2 N–H and O–H groups in total. The SMILES string of the molecule is CN=C(NCCOCCC(C)C)NCCOCc1ccccc1.I. The van der Waals surface area contributed by atoms with E-state index in [1.807, 2.05) is 18.2 Å². The van der Waals surface area contributed by atoms with Crippen LogP contribution in [0.1, 0.15) is 25.8 Å². The van der Waals surface area contributed by atoms with Crippen LogP contribution in [0.25, 0.3) is 0 Å². The molecule has 24 heavy (non-hydrogen) atoms. The first-order valence-electron chi connectivity index (χ1n) is 8.36. The molecule has 0 unspecified atom stereocenters. The second-order valence-corrected chi connectivity index (χ2v) is 5.76. The van der Waals surface area contributed by atoms with Crippen LogP contribution < -0.4 is 10.6 Å². The van der Waals surface area contributed by atoms with Gasteiger partial charge in [-0.3, -0.25) is 4.99 Å². The Morgan fingerprint density at radius 2 is 1.62 bits per heavy atom. The zero-order chi connectivity index (χ0) is 16.8. The number of ether oxygens (including phenoxy) is 2. The minimum atomic E-state index is 0. The number of hydrogen-bond donors (Lipinski definition) is 2. The maximum absolute atomic E-state index is 5.62. The minimum absolute atomic E-state index is 0. The number of nitrogens with zero attached hydrogens (tertiary/aromatic N) is 1. The van der Waals surface area contributed by atoms with Crippen LogP contribution in [0, 0.1) is 5.92 Å². The topological polar surface area (TPSA) is 54.9 Å². The Labute approximate surface area is 163 Å². The molecule has 0 bridgehead atoms. The molecule has 6 heteroatoms. The van der Waals surface area contributed by atoms with E-state index in [0.29, 0.717) is 25.7 Å². The van der Waals surface area contributed by atoms with Crippen molar-refractivity contribution in [1.82, 2.24) is 10.6 Å². The molecule has 0 fully saturated rings. The maximum atomic E-state index is 5.62. The van der Waals surface area contributed by atoms with Crippen LogP contribution in [0.5, 0.6) is 0 Å². The van der Waals surface area contributed by atoms with E-state index >= 15 is 0 Å². The van der Waals surface area contributed by atoms with Crippen molar-refractivity contribution in [3.05, 3.63) is 35.9 Å². The van der Waals surface area contributed by atoms with E-state index in [2.05, 4.69) is 41.6 Å². The lowest BCUT2D eigenvalue weighted by Gasteiger charge is -2.12. The van der Waals surface area contributed by atoms with Crippen LogP contribution in [0.4, 0.5) is 0 Å². The van der Waals surface area contributed by atoms with Crippen LogP contribution in [-0.4, -0.2) is 45.9 Å². The predicted molar refractivity (Wildman–Crippen MR) is 111 cm³/mol. The smallest absolute Gasteiger partial charge is 0.191 e. The number of halogens is 1. The van der Waals surface area contributed by atoms with Gasteiger partial charge in [-0.05, 0) is 17.9 Å². The average molecular weight is 449 g/mol. The van der Waals surface area contributed by atoms with Crippen LogP contribution in [0.15, 0.2) is 35.3 Å². The molecule has 0 atom stereocenters. The normalized spacial score (nSPS) is 11.2. The molecule has 138 valence electrons. The Morgan fingerprint density at radius 1 is 1.00 bits per heavy atom. The third-order valence-electron chi connectivity index (χ3n) is 3.25. The lowest BCUT2D eigenvalue weighted by Crippen LogP contribution is -2.40. The number of benzene rings is 1. The van der Waals surface area contributed by atoms with Crippen molar-refractivity contribution in [3.63, 3.8) is 0 Å². The van der Waals surface area contributed by atoms with Crippen molar-refractivity contribution in [2.24, 2.45) is 10.9 Å². The molecule has 0 aliphatic heterocycles. The number of hydrogen-bond acceptors (Lipinski definition) is 3. The van der Waals surface area contributed by atoms with Gasteiger partial charge >= 0.3 is 0 Å². The molecular weight excluding hydrogens is 417 g/mol. The molecule has 5 nitrogen and oxygen atoms in total. The van der Waals surface area contributed by atoms with Crippen LogP contribution in [0.3, 0.4) is 0 Å². The van der Waals surface area contributed by atoms with Gasteiger partial charge < -0.3 is 20.1 Å². The van der Waals surface area contributed by atoms with Gasteiger partial charge in [0.05, 0.1) is 19.8 Å². The molecule has 0 saturated heterocycles. The lowest BCUT2D eigenvalue weighted by molar-refractivity contribution is 0.124. The monoisotopic (exact) mass is 449 g/mol. The van der Waals surface area contributed by atoms with E-state index < -0.39 is 0 Å². The van der Waals surface area contributed by atoms with E-state index in [9.17, 15) is 0 Å². The Kier molecular flexibility index (Phi) is 15.1. The highest BCUT2D eigenvalue weighted by Gasteiger charge is 1.98. The molecule has 1 aromatic carbocycles. The summed E-state index contributed by atoms with van der Waals surface area (Å²) in [5, 5.41) is 6.45. The van der Waals surface area contributed by atoms with Gasteiger partial charge in [0.15, 0.2) is 5.96 Å². The van der Waals surface area contributed by atoms with Crippen LogP contribution in [0.2, 0.25) is 0 Å². The highest BCUT2D eigenvalue weighted by atomic mass is 127. The molecule has 0 saturated carbocycles. The number of nitrogens with one attached hydrogen (secondary N) is 2. The van der Waals surface area contributed by atoms with Gasteiger partial charge in [0.2, 0.25) is 0 Å². The number of guanidine groups is 1. The van der Waals surface area contributed by atoms with Crippen molar-refractivity contribution in [2.75, 3.05) is 40.0 Å². The van der Waals surface area contributed by atoms with Gasteiger partial charge in [-0.1, -0.05) is 44.2 Å². The molecular formula is C18H32IN3O2. The van der Waals surface area contributed by atoms with E-state index in [0.717, 1.165) is 32.1 Å². The highest BCUT2D eigenvalue weighted by molar-refractivity contribution is 14.0. The minimum Gasteiger partial charge on any atom is -0.380 e. The maximum Gasteiger partial charge on any atom is 0.191 e. The summed E-state index contributed by atoms with van der Waals surface area (Å²) < 4.78 is 11.2. The Hall–Kier alpha value is -0.860. The van der Waals surface area contributed by atoms with Crippen molar-refractivity contribution < 1.29 is 9.47 Å². The summed E-state index contributed by atoms with van der Waals surface area (Å²) in [5.41, 5.74) is 1.19. The second-order valence-electron chi connectivity index (χ2n) is 5.76. The summed E-state index contributed by atoms with van der Waals surface area (Å²) in [6.45, 7) is 8.67. The molecule has 0 amide bonds. The van der Waals surface area contributed by atoms with E-state index in [4.69, 9.17) is 9.47 Å². The van der Waals surface area contributed by atoms with Gasteiger partial charge in [-0.25, -0.2) is 0 Å². The summed E-state index contributed by atoms with van der Waals surface area (Å²) >= 11 is 0. The molecule has 0 radical (unpaired) electrons. The van der Waals surface area contributed by atoms with Crippen LogP contribution >= 0.6 is 24.0 Å². The molecule has 0 aromatic heterocycles. The third-order valence-corrected chi connectivity index (χ3v) is 3.25. The highest BCUT2D eigenvalue weighted by Crippen LogP contribution is 1.99. The van der Waals surface area contributed by atoms with Gasteiger partial charge in [0.25, 0.3) is 0 Å². The molecule has 1 rings (SSSR count). The quantitative estimate of drug-likeness (QED) is 0.236. The zero-order valence-corrected chi connectivity index (χ0v) is 17.4. The average Bonchev–Trinajstić information content (AvgIpc) is 2.56. The molecule has 0 aliphatic carbocycles. The van der Waals surface area contributed by atoms with Crippen LogP contribution in [-0.2, 0) is 16.1 Å². The predicted octanol–water partition coefficient (Wildman–Crippen LogP) is 3.05. The first kappa shape index (κ1) is 23.1. The first-order chi connectivity index (χ1) is 11.2. The molecule has 0 aliphatic rings. The Balaban J connectivity index is 0.00000529. The molecule has 1 aromatic rings. The summed E-state index contributed by atoms with van der Waals surface area (Å²) in [5.74, 6) is 1.47. The molecule has 0 spiro atoms. The standard InChI is InChI=1S/C18H31N3O2.HI/c1-16(2)9-12-22-13-10-20-18(19-3)21-11-14-23-15-17-7-5-4-6-8-17;/h4-8,16H,9-15H2,1-3H3,(H2,19,20,21);1H. The Bertz CT molecular complexity index is 428. The van der Waals surface area contributed by atoms with Gasteiger partial charge in [-0.2, -0.15) is 0 Å². The van der Waals surface area contributed by atoms with Gasteiger partial charge in [-0.15, -0.1) is 24.0 Å². The fourth-order valence-corrected chi connectivity index (χ4v) is 1.89.